The van der Waals surface area contributed by atoms with E-state index in [-0.39, 0.29) is 12.5 Å². The average Bonchev–Trinajstić information content (AvgIpc) is 2.67. The van der Waals surface area contributed by atoms with E-state index in [4.69, 9.17) is 9.47 Å². The fourth-order valence-corrected chi connectivity index (χ4v) is 2.45. The molecule has 0 atom stereocenters. The van der Waals surface area contributed by atoms with Crippen LogP contribution in [0.2, 0.25) is 0 Å². The van der Waals surface area contributed by atoms with E-state index in [0.29, 0.717) is 11.5 Å². The highest BCUT2D eigenvalue weighted by Gasteiger charge is 2.06. The molecule has 126 valence electrons. The predicted octanol–water partition coefficient (Wildman–Crippen LogP) is 3.38. The lowest BCUT2D eigenvalue weighted by atomic mass is 10.1. The van der Waals surface area contributed by atoms with Gasteiger partial charge in [0.15, 0.2) is 18.1 Å². The molecule has 0 heterocycles. The van der Waals surface area contributed by atoms with Crippen molar-refractivity contribution < 1.29 is 14.3 Å². The van der Waals surface area contributed by atoms with Crippen molar-refractivity contribution in [1.29, 1.82) is 0 Å². The van der Waals surface area contributed by atoms with Gasteiger partial charge in [-0.1, -0.05) is 54.6 Å². The first-order valence-corrected chi connectivity index (χ1v) is 7.83. The van der Waals surface area contributed by atoms with Crippen LogP contribution in [0.25, 0.3) is 10.8 Å². The topological polar surface area (TPSA) is 59.9 Å². The summed E-state index contributed by atoms with van der Waals surface area (Å²) in [6.45, 7) is -0.146. The van der Waals surface area contributed by atoms with Gasteiger partial charge < -0.3 is 9.47 Å². The monoisotopic (exact) mass is 334 g/mol. The van der Waals surface area contributed by atoms with E-state index in [1.165, 1.54) is 0 Å². The Balaban J connectivity index is 1.59. The molecule has 1 N–H and O–H groups in total. The number of hydrogen-bond acceptors (Lipinski definition) is 4. The Bertz CT molecular complexity index is 901. The normalized spacial score (nSPS) is 10.8. The van der Waals surface area contributed by atoms with Crippen molar-refractivity contribution in [2.75, 3.05) is 13.7 Å². The van der Waals surface area contributed by atoms with E-state index < -0.39 is 0 Å². The maximum atomic E-state index is 11.9. The van der Waals surface area contributed by atoms with Crippen LogP contribution in [0.5, 0.6) is 11.5 Å². The molecule has 0 fully saturated rings. The van der Waals surface area contributed by atoms with Gasteiger partial charge in [-0.05, 0) is 22.9 Å². The molecule has 5 heteroatoms. The molecule has 0 spiro atoms. The maximum Gasteiger partial charge on any atom is 0.277 e. The minimum Gasteiger partial charge on any atom is -0.493 e. The van der Waals surface area contributed by atoms with Crippen molar-refractivity contribution in [3.8, 4) is 11.5 Å². The number of hydrazone groups is 1. The van der Waals surface area contributed by atoms with Crippen molar-refractivity contribution >= 4 is 22.9 Å². The number of hydrogen-bond donors (Lipinski definition) is 1. The summed E-state index contributed by atoms with van der Waals surface area (Å²) in [5.41, 5.74) is 3.40. The molecule has 3 aromatic carbocycles. The highest BCUT2D eigenvalue weighted by atomic mass is 16.5. The van der Waals surface area contributed by atoms with E-state index in [1.807, 2.05) is 54.6 Å². The van der Waals surface area contributed by atoms with Crippen LogP contribution < -0.4 is 14.9 Å². The van der Waals surface area contributed by atoms with Crippen LogP contribution in [0.1, 0.15) is 5.56 Å². The van der Waals surface area contributed by atoms with Crippen LogP contribution in [-0.4, -0.2) is 25.8 Å². The molecule has 0 aliphatic heterocycles. The number of carbonyl (C=O) groups excluding carboxylic acids is 1. The third kappa shape index (κ3) is 4.14. The van der Waals surface area contributed by atoms with Gasteiger partial charge in [-0.3, -0.25) is 4.79 Å². The number of para-hydroxylation sites is 2. The predicted molar refractivity (Wildman–Crippen MR) is 98.2 cm³/mol. The minimum absolute atomic E-state index is 0.146. The van der Waals surface area contributed by atoms with Gasteiger partial charge in [-0.25, -0.2) is 5.43 Å². The number of methoxy groups -OCH3 is 1. The van der Waals surface area contributed by atoms with Crippen molar-refractivity contribution in [1.82, 2.24) is 5.43 Å². The van der Waals surface area contributed by atoms with Crippen molar-refractivity contribution in [3.05, 3.63) is 72.3 Å². The van der Waals surface area contributed by atoms with Gasteiger partial charge in [-0.15, -0.1) is 0 Å². The number of carbonyl (C=O) groups is 1. The second-order valence-electron chi connectivity index (χ2n) is 5.30. The molecule has 25 heavy (non-hydrogen) atoms. The number of nitrogens with zero attached hydrogens (tertiary/aromatic N) is 1. The second kappa shape index (κ2) is 7.97. The Morgan fingerprint density at radius 2 is 1.72 bits per heavy atom. The lowest BCUT2D eigenvalue weighted by Gasteiger charge is -2.09. The van der Waals surface area contributed by atoms with Gasteiger partial charge in [0.05, 0.1) is 13.3 Å². The van der Waals surface area contributed by atoms with Gasteiger partial charge in [0.2, 0.25) is 0 Å². The van der Waals surface area contributed by atoms with Crippen molar-refractivity contribution in [2.24, 2.45) is 5.10 Å². The fraction of sp³-hybridized carbons (Fsp3) is 0.100. The Morgan fingerprint density at radius 3 is 2.56 bits per heavy atom. The first-order valence-electron chi connectivity index (χ1n) is 7.83. The highest BCUT2D eigenvalue weighted by Crippen LogP contribution is 2.25. The maximum absolute atomic E-state index is 11.9. The number of amides is 1. The van der Waals surface area contributed by atoms with E-state index in [0.717, 1.165) is 16.3 Å². The number of fused-ring (bicyclic) bond motifs is 1. The molecule has 0 radical (unpaired) electrons. The zero-order chi connectivity index (χ0) is 17.5. The van der Waals surface area contributed by atoms with Gasteiger partial charge in [-0.2, -0.15) is 5.10 Å². The number of benzene rings is 3. The molecule has 0 saturated carbocycles. The quantitative estimate of drug-likeness (QED) is 0.555. The molecule has 5 nitrogen and oxygen atoms in total. The molecule has 1 amide bonds. The van der Waals surface area contributed by atoms with Gasteiger partial charge in [0.1, 0.15) is 0 Å². The Hall–Kier alpha value is -3.34. The number of ether oxygens (including phenoxy) is 2. The van der Waals surface area contributed by atoms with Gasteiger partial charge in [0, 0.05) is 5.56 Å². The second-order valence-corrected chi connectivity index (χ2v) is 5.30. The molecule has 3 rings (SSSR count). The summed E-state index contributed by atoms with van der Waals surface area (Å²) in [5.74, 6) is 0.745. The van der Waals surface area contributed by atoms with Crippen molar-refractivity contribution in [3.63, 3.8) is 0 Å². The highest BCUT2D eigenvalue weighted by molar-refractivity contribution is 5.99. The van der Waals surface area contributed by atoms with Crippen LogP contribution in [0.3, 0.4) is 0 Å². The summed E-state index contributed by atoms with van der Waals surface area (Å²) in [6, 6.07) is 21.1. The average molecular weight is 334 g/mol. The van der Waals surface area contributed by atoms with Crippen LogP contribution in [0.4, 0.5) is 0 Å². The van der Waals surface area contributed by atoms with E-state index in [2.05, 4.69) is 10.5 Å². The van der Waals surface area contributed by atoms with E-state index >= 15 is 0 Å². The SMILES string of the molecule is COc1ccccc1OCC(=O)NN=Cc1cccc2ccccc12. The first kappa shape index (κ1) is 16.5. The Labute approximate surface area is 145 Å². The molecular formula is C20H18N2O3. The summed E-state index contributed by atoms with van der Waals surface area (Å²) in [7, 11) is 1.55. The molecule has 0 aliphatic rings. The molecular weight excluding hydrogens is 316 g/mol. The summed E-state index contributed by atoms with van der Waals surface area (Å²) in [5, 5.41) is 6.21. The molecule has 3 aromatic rings. The molecule has 0 saturated heterocycles. The van der Waals surface area contributed by atoms with Gasteiger partial charge in [0.25, 0.3) is 5.91 Å². The minimum atomic E-state index is -0.345. The molecule has 0 unspecified atom stereocenters. The summed E-state index contributed by atoms with van der Waals surface area (Å²) >= 11 is 0. The summed E-state index contributed by atoms with van der Waals surface area (Å²) < 4.78 is 10.6. The third-order valence-electron chi connectivity index (χ3n) is 3.64. The summed E-state index contributed by atoms with van der Waals surface area (Å²) in [6.07, 6.45) is 1.63. The first-order chi connectivity index (χ1) is 12.3. The smallest absolute Gasteiger partial charge is 0.277 e. The fourth-order valence-electron chi connectivity index (χ4n) is 2.45. The lowest BCUT2D eigenvalue weighted by molar-refractivity contribution is -0.123. The Kier molecular flexibility index (Phi) is 5.26. The van der Waals surface area contributed by atoms with Crippen LogP contribution in [0.15, 0.2) is 71.8 Å². The van der Waals surface area contributed by atoms with E-state index in [1.54, 1.807) is 25.5 Å². The van der Waals surface area contributed by atoms with Gasteiger partial charge >= 0.3 is 0 Å². The lowest BCUT2D eigenvalue weighted by Crippen LogP contribution is -2.24. The largest absolute Gasteiger partial charge is 0.493 e. The number of nitrogens with one attached hydrogen (secondary N) is 1. The number of rotatable bonds is 6. The third-order valence-corrected chi connectivity index (χ3v) is 3.64. The van der Waals surface area contributed by atoms with E-state index in [9.17, 15) is 4.79 Å². The molecule has 0 bridgehead atoms. The van der Waals surface area contributed by atoms with Crippen LogP contribution >= 0.6 is 0 Å². The van der Waals surface area contributed by atoms with Crippen molar-refractivity contribution in [2.45, 2.75) is 0 Å². The Morgan fingerprint density at radius 1 is 1.00 bits per heavy atom. The standard InChI is InChI=1S/C20H18N2O3/c1-24-18-11-4-5-12-19(18)25-14-20(23)22-21-13-16-9-6-8-15-7-2-3-10-17(15)16/h2-13H,14H2,1H3,(H,22,23). The zero-order valence-electron chi connectivity index (χ0n) is 13.8. The molecule has 0 aliphatic carbocycles. The summed E-state index contributed by atoms with van der Waals surface area (Å²) in [4.78, 5) is 11.9. The van der Waals surface area contributed by atoms with Crippen LogP contribution in [0, 0.1) is 0 Å². The van der Waals surface area contributed by atoms with Crippen LogP contribution in [-0.2, 0) is 4.79 Å². The molecule has 0 aromatic heterocycles. The zero-order valence-corrected chi connectivity index (χ0v) is 13.8.